The summed E-state index contributed by atoms with van der Waals surface area (Å²) in [5.41, 5.74) is 2.60. The summed E-state index contributed by atoms with van der Waals surface area (Å²) in [6.07, 6.45) is 7.03. The van der Waals surface area contributed by atoms with E-state index in [1.54, 1.807) is 0 Å². The van der Waals surface area contributed by atoms with Gasteiger partial charge in [-0.05, 0) is 43.2 Å². The molecule has 1 unspecified atom stereocenters. The zero-order chi connectivity index (χ0) is 11.4. The Kier molecular flexibility index (Phi) is 3.94. The molecule has 1 heterocycles. The van der Waals surface area contributed by atoms with Crippen molar-refractivity contribution in [3.63, 3.8) is 0 Å². The van der Waals surface area contributed by atoms with E-state index in [1.807, 2.05) is 12.3 Å². The van der Waals surface area contributed by atoms with Crippen LogP contribution >= 0.6 is 0 Å². The van der Waals surface area contributed by atoms with E-state index >= 15 is 0 Å². The Morgan fingerprint density at radius 1 is 1.44 bits per heavy atom. The van der Waals surface area contributed by atoms with Gasteiger partial charge in [0.25, 0.3) is 0 Å². The third-order valence-electron chi connectivity index (χ3n) is 3.53. The lowest BCUT2D eigenvalue weighted by molar-refractivity contribution is 0.445. The molecule has 0 saturated heterocycles. The van der Waals surface area contributed by atoms with E-state index in [0.29, 0.717) is 6.04 Å². The minimum Gasteiger partial charge on any atom is -0.308 e. The molecule has 1 N–H and O–H groups in total. The first-order valence-corrected chi connectivity index (χ1v) is 6.51. The first kappa shape index (κ1) is 11.6. The second-order valence-electron chi connectivity index (χ2n) is 4.70. The number of nitrogens with one attached hydrogen (secondary N) is 1. The fraction of sp³-hybridized carbons (Fsp3) is 0.643. The number of nitrogens with zero attached hydrogens (tertiary/aromatic N) is 1. The maximum atomic E-state index is 4.47. The number of aromatic nitrogens is 1. The molecule has 0 aliphatic heterocycles. The van der Waals surface area contributed by atoms with Crippen LogP contribution < -0.4 is 5.32 Å². The SMILES string of the molecule is CCc1cccnc1CNC(CC)C1CC1. The first-order chi connectivity index (χ1) is 7.85. The van der Waals surface area contributed by atoms with Crippen LogP contribution in [-0.4, -0.2) is 11.0 Å². The van der Waals surface area contributed by atoms with Crippen molar-refractivity contribution in [2.75, 3.05) is 0 Å². The smallest absolute Gasteiger partial charge is 0.0573 e. The Balaban J connectivity index is 1.92. The third kappa shape index (κ3) is 2.82. The van der Waals surface area contributed by atoms with Crippen molar-refractivity contribution in [2.24, 2.45) is 5.92 Å². The first-order valence-electron chi connectivity index (χ1n) is 6.51. The van der Waals surface area contributed by atoms with Gasteiger partial charge in [-0.1, -0.05) is 19.9 Å². The highest BCUT2D eigenvalue weighted by Gasteiger charge is 2.29. The Morgan fingerprint density at radius 3 is 2.88 bits per heavy atom. The van der Waals surface area contributed by atoms with E-state index in [0.717, 1.165) is 18.9 Å². The van der Waals surface area contributed by atoms with E-state index in [9.17, 15) is 0 Å². The van der Waals surface area contributed by atoms with Crippen molar-refractivity contribution in [3.8, 4) is 0 Å². The summed E-state index contributed by atoms with van der Waals surface area (Å²) >= 11 is 0. The predicted molar refractivity (Wildman–Crippen MR) is 67.3 cm³/mol. The summed E-state index contributed by atoms with van der Waals surface area (Å²) in [6.45, 7) is 5.40. The highest BCUT2D eigenvalue weighted by Crippen LogP contribution is 2.33. The minimum absolute atomic E-state index is 0.701. The summed E-state index contributed by atoms with van der Waals surface area (Å²) in [5, 5.41) is 3.66. The Morgan fingerprint density at radius 2 is 2.25 bits per heavy atom. The lowest BCUT2D eigenvalue weighted by atomic mass is 10.1. The molecule has 1 aliphatic rings. The van der Waals surface area contributed by atoms with Crippen molar-refractivity contribution >= 4 is 0 Å². The van der Waals surface area contributed by atoms with Gasteiger partial charge in [-0.3, -0.25) is 4.98 Å². The number of pyridine rings is 1. The molecule has 2 rings (SSSR count). The number of hydrogen-bond donors (Lipinski definition) is 1. The molecule has 1 aromatic heterocycles. The molecule has 1 saturated carbocycles. The van der Waals surface area contributed by atoms with Crippen LogP contribution in [0.5, 0.6) is 0 Å². The van der Waals surface area contributed by atoms with E-state index in [-0.39, 0.29) is 0 Å². The van der Waals surface area contributed by atoms with Crippen molar-refractivity contribution in [3.05, 3.63) is 29.6 Å². The molecule has 0 spiro atoms. The van der Waals surface area contributed by atoms with Gasteiger partial charge in [0.05, 0.1) is 5.69 Å². The van der Waals surface area contributed by atoms with Crippen LogP contribution in [-0.2, 0) is 13.0 Å². The zero-order valence-corrected chi connectivity index (χ0v) is 10.4. The van der Waals surface area contributed by atoms with Gasteiger partial charge in [0.2, 0.25) is 0 Å². The molecule has 16 heavy (non-hydrogen) atoms. The average molecular weight is 218 g/mol. The van der Waals surface area contributed by atoms with Crippen molar-refractivity contribution in [2.45, 2.75) is 52.1 Å². The van der Waals surface area contributed by atoms with E-state index in [2.05, 4.69) is 30.2 Å². The summed E-state index contributed by atoms with van der Waals surface area (Å²) in [4.78, 5) is 4.47. The van der Waals surface area contributed by atoms with Crippen LogP contribution in [0.2, 0.25) is 0 Å². The minimum atomic E-state index is 0.701. The predicted octanol–water partition coefficient (Wildman–Crippen LogP) is 2.92. The summed E-state index contributed by atoms with van der Waals surface area (Å²) in [7, 11) is 0. The Labute approximate surface area is 98.5 Å². The van der Waals surface area contributed by atoms with Crippen molar-refractivity contribution in [1.29, 1.82) is 0 Å². The lowest BCUT2D eigenvalue weighted by Crippen LogP contribution is -2.30. The fourth-order valence-electron chi connectivity index (χ4n) is 2.32. The normalized spacial score (nSPS) is 17.4. The van der Waals surface area contributed by atoms with Gasteiger partial charge in [-0.25, -0.2) is 0 Å². The third-order valence-corrected chi connectivity index (χ3v) is 3.53. The lowest BCUT2D eigenvalue weighted by Gasteiger charge is -2.16. The van der Waals surface area contributed by atoms with Gasteiger partial charge in [0.1, 0.15) is 0 Å². The van der Waals surface area contributed by atoms with Crippen LogP contribution in [0.4, 0.5) is 0 Å². The molecule has 1 fully saturated rings. The maximum absolute atomic E-state index is 4.47. The van der Waals surface area contributed by atoms with Crippen LogP contribution in [0, 0.1) is 5.92 Å². The zero-order valence-electron chi connectivity index (χ0n) is 10.4. The van der Waals surface area contributed by atoms with Crippen LogP contribution in [0.15, 0.2) is 18.3 Å². The van der Waals surface area contributed by atoms with Gasteiger partial charge < -0.3 is 5.32 Å². The number of rotatable bonds is 6. The topological polar surface area (TPSA) is 24.9 Å². The fourth-order valence-corrected chi connectivity index (χ4v) is 2.32. The molecule has 2 heteroatoms. The molecule has 2 nitrogen and oxygen atoms in total. The number of hydrogen-bond acceptors (Lipinski definition) is 2. The van der Waals surface area contributed by atoms with Gasteiger partial charge in [-0.2, -0.15) is 0 Å². The van der Waals surface area contributed by atoms with Crippen LogP contribution in [0.1, 0.15) is 44.4 Å². The second-order valence-corrected chi connectivity index (χ2v) is 4.70. The highest BCUT2D eigenvalue weighted by molar-refractivity contribution is 5.19. The van der Waals surface area contributed by atoms with Crippen LogP contribution in [0.25, 0.3) is 0 Å². The molecular weight excluding hydrogens is 196 g/mol. The molecule has 0 amide bonds. The second kappa shape index (κ2) is 5.44. The molecule has 1 atom stereocenters. The Bertz CT molecular complexity index is 331. The summed E-state index contributed by atoms with van der Waals surface area (Å²) in [5.74, 6) is 0.929. The number of aryl methyl sites for hydroxylation is 1. The van der Waals surface area contributed by atoms with E-state index in [4.69, 9.17) is 0 Å². The molecule has 0 bridgehead atoms. The largest absolute Gasteiger partial charge is 0.308 e. The highest BCUT2D eigenvalue weighted by atomic mass is 14.9. The average Bonchev–Trinajstić information content (AvgIpc) is 3.15. The molecular formula is C14H22N2. The molecule has 0 radical (unpaired) electrons. The maximum Gasteiger partial charge on any atom is 0.0573 e. The summed E-state index contributed by atoms with van der Waals surface area (Å²) < 4.78 is 0. The molecule has 1 aliphatic carbocycles. The van der Waals surface area contributed by atoms with Gasteiger partial charge in [-0.15, -0.1) is 0 Å². The van der Waals surface area contributed by atoms with Gasteiger partial charge in [0, 0.05) is 18.8 Å². The summed E-state index contributed by atoms with van der Waals surface area (Å²) in [6, 6.07) is 4.91. The van der Waals surface area contributed by atoms with Gasteiger partial charge in [0.15, 0.2) is 0 Å². The monoisotopic (exact) mass is 218 g/mol. The Hall–Kier alpha value is -0.890. The molecule has 1 aromatic rings. The standard InChI is InChI=1S/C14H22N2/c1-3-11-6-5-9-15-14(11)10-16-13(4-2)12-7-8-12/h5-6,9,12-13,16H,3-4,7-8,10H2,1-2H3. The molecule has 0 aromatic carbocycles. The van der Waals surface area contributed by atoms with Crippen LogP contribution in [0.3, 0.4) is 0 Å². The molecule has 88 valence electrons. The quantitative estimate of drug-likeness (QED) is 0.794. The van der Waals surface area contributed by atoms with E-state index in [1.165, 1.54) is 30.5 Å². The van der Waals surface area contributed by atoms with Crippen molar-refractivity contribution < 1.29 is 0 Å². The van der Waals surface area contributed by atoms with Crippen molar-refractivity contribution in [1.82, 2.24) is 10.3 Å². The van der Waals surface area contributed by atoms with E-state index < -0.39 is 0 Å². The van der Waals surface area contributed by atoms with Gasteiger partial charge >= 0.3 is 0 Å².